The Bertz CT molecular complexity index is 369. The molecule has 0 spiro atoms. The lowest BCUT2D eigenvalue weighted by atomic mass is 10.4. The first kappa shape index (κ1) is 9.98. The first-order valence-corrected chi connectivity index (χ1v) is 4.40. The SMILES string of the molecule is CCOC(=O)c1cc(=O)c(Br)co1. The fourth-order valence-corrected chi connectivity index (χ4v) is 0.913. The Kier molecular flexibility index (Phi) is 3.25. The maximum absolute atomic E-state index is 11.0. The fourth-order valence-electron chi connectivity index (χ4n) is 0.705. The van der Waals surface area contributed by atoms with Crippen molar-refractivity contribution in [3.05, 3.63) is 32.8 Å². The third kappa shape index (κ3) is 2.42. The second kappa shape index (κ2) is 4.23. The van der Waals surface area contributed by atoms with Crippen molar-refractivity contribution in [3.63, 3.8) is 0 Å². The van der Waals surface area contributed by atoms with Gasteiger partial charge in [-0.15, -0.1) is 0 Å². The Balaban J connectivity index is 2.97. The summed E-state index contributed by atoms with van der Waals surface area (Å²) in [5.41, 5.74) is -0.311. The predicted molar refractivity (Wildman–Crippen MR) is 48.6 cm³/mol. The molecule has 0 saturated heterocycles. The smallest absolute Gasteiger partial charge is 0.374 e. The largest absolute Gasteiger partial charge is 0.460 e. The van der Waals surface area contributed by atoms with Gasteiger partial charge in [0.05, 0.1) is 6.61 Å². The third-order valence-electron chi connectivity index (χ3n) is 1.26. The van der Waals surface area contributed by atoms with Gasteiger partial charge in [-0.2, -0.15) is 0 Å². The molecule has 0 N–H and O–H groups in total. The number of hydrogen-bond acceptors (Lipinski definition) is 4. The summed E-state index contributed by atoms with van der Waals surface area (Å²) in [6.45, 7) is 1.92. The van der Waals surface area contributed by atoms with Crippen LogP contribution in [0.5, 0.6) is 0 Å². The minimum atomic E-state index is -0.632. The van der Waals surface area contributed by atoms with E-state index in [9.17, 15) is 9.59 Å². The molecular formula is C8H7BrO4. The molecule has 0 aliphatic rings. The second-order valence-electron chi connectivity index (χ2n) is 2.18. The molecule has 1 heterocycles. The average Bonchev–Trinajstić information content (AvgIpc) is 2.10. The monoisotopic (exact) mass is 246 g/mol. The van der Waals surface area contributed by atoms with E-state index in [4.69, 9.17) is 4.42 Å². The van der Waals surface area contributed by atoms with E-state index in [0.717, 1.165) is 12.3 Å². The lowest BCUT2D eigenvalue weighted by Gasteiger charge is -1.99. The molecule has 1 aromatic rings. The van der Waals surface area contributed by atoms with Crippen LogP contribution in [0.2, 0.25) is 0 Å². The Labute approximate surface area is 82.6 Å². The van der Waals surface area contributed by atoms with E-state index in [2.05, 4.69) is 20.7 Å². The van der Waals surface area contributed by atoms with Gasteiger partial charge < -0.3 is 9.15 Å². The van der Waals surface area contributed by atoms with Crippen LogP contribution >= 0.6 is 15.9 Å². The first-order chi connectivity index (χ1) is 6.15. The fraction of sp³-hybridized carbons (Fsp3) is 0.250. The van der Waals surface area contributed by atoms with Crippen molar-refractivity contribution >= 4 is 21.9 Å². The van der Waals surface area contributed by atoms with E-state index in [-0.39, 0.29) is 22.3 Å². The minimum Gasteiger partial charge on any atom is -0.460 e. The van der Waals surface area contributed by atoms with Gasteiger partial charge in [-0.25, -0.2) is 4.79 Å². The van der Waals surface area contributed by atoms with Crippen molar-refractivity contribution in [1.82, 2.24) is 0 Å². The van der Waals surface area contributed by atoms with Gasteiger partial charge in [0, 0.05) is 6.07 Å². The van der Waals surface area contributed by atoms with Gasteiger partial charge >= 0.3 is 5.97 Å². The predicted octanol–water partition coefficient (Wildman–Crippen LogP) is 1.58. The molecule has 13 heavy (non-hydrogen) atoms. The molecule has 0 radical (unpaired) electrons. The van der Waals surface area contributed by atoms with Crippen LogP contribution in [0.1, 0.15) is 17.5 Å². The van der Waals surface area contributed by atoms with E-state index >= 15 is 0 Å². The summed E-state index contributed by atoms with van der Waals surface area (Å²) in [7, 11) is 0. The van der Waals surface area contributed by atoms with Gasteiger partial charge in [-0.3, -0.25) is 4.79 Å². The zero-order chi connectivity index (χ0) is 9.84. The normalized spacial score (nSPS) is 9.69. The number of esters is 1. The van der Waals surface area contributed by atoms with E-state index in [1.165, 1.54) is 0 Å². The highest BCUT2D eigenvalue weighted by atomic mass is 79.9. The number of carbonyl (C=O) groups is 1. The number of rotatable bonds is 2. The van der Waals surface area contributed by atoms with Gasteiger partial charge in [0.25, 0.3) is 0 Å². The van der Waals surface area contributed by atoms with Gasteiger partial charge in [0.15, 0.2) is 5.43 Å². The Hall–Kier alpha value is -1.10. The minimum absolute atomic E-state index is 0.0879. The van der Waals surface area contributed by atoms with Crippen LogP contribution in [0.25, 0.3) is 0 Å². The van der Waals surface area contributed by atoms with Crippen LogP contribution in [0, 0.1) is 0 Å². The molecule has 0 aliphatic carbocycles. The molecule has 0 saturated carbocycles. The second-order valence-corrected chi connectivity index (χ2v) is 3.03. The molecule has 0 fully saturated rings. The van der Waals surface area contributed by atoms with Gasteiger partial charge in [0.1, 0.15) is 10.7 Å². The lowest BCUT2D eigenvalue weighted by molar-refractivity contribution is 0.0487. The summed E-state index contributed by atoms with van der Waals surface area (Å²) in [5, 5.41) is 0. The molecule has 0 aliphatic heterocycles. The topological polar surface area (TPSA) is 56.5 Å². The first-order valence-electron chi connectivity index (χ1n) is 3.60. The van der Waals surface area contributed by atoms with Crippen LogP contribution in [0.4, 0.5) is 0 Å². The molecule has 0 bridgehead atoms. The maximum atomic E-state index is 11.0. The molecule has 1 rings (SSSR count). The van der Waals surface area contributed by atoms with E-state index in [0.29, 0.717) is 0 Å². The third-order valence-corrected chi connectivity index (χ3v) is 1.84. The highest BCUT2D eigenvalue weighted by molar-refractivity contribution is 9.10. The van der Waals surface area contributed by atoms with Crippen molar-refractivity contribution in [2.45, 2.75) is 6.92 Å². The van der Waals surface area contributed by atoms with Gasteiger partial charge in [0.2, 0.25) is 5.76 Å². The molecular weight excluding hydrogens is 240 g/mol. The van der Waals surface area contributed by atoms with E-state index in [1.807, 2.05) is 0 Å². The summed E-state index contributed by atoms with van der Waals surface area (Å²) in [4.78, 5) is 22.1. The Morgan fingerprint density at radius 2 is 2.38 bits per heavy atom. The van der Waals surface area contributed by atoms with Crippen LogP contribution in [-0.2, 0) is 4.74 Å². The molecule has 70 valence electrons. The number of halogens is 1. The van der Waals surface area contributed by atoms with Crippen LogP contribution in [0.15, 0.2) is 26.0 Å². The molecule has 0 atom stereocenters. The Morgan fingerprint density at radius 3 is 2.92 bits per heavy atom. The summed E-state index contributed by atoms with van der Waals surface area (Å²) < 4.78 is 9.75. The number of ether oxygens (including phenoxy) is 1. The van der Waals surface area contributed by atoms with Crippen molar-refractivity contribution < 1.29 is 13.9 Å². The molecule has 0 amide bonds. The summed E-state index contributed by atoms with van der Waals surface area (Å²) in [5.74, 6) is -0.720. The zero-order valence-corrected chi connectivity index (χ0v) is 8.46. The lowest BCUT2D eigenvalue weighted by Crippen LogP contribution is -2.09. The summed E-state index contributed by atoms with van der Waals surface area (Å²) in [6, 6.07) is 1.09. The van der Waals surface area contributed by atoms with Crippen LogP contribution < -0.4 is 5.43 Å². The van der Waals surface area contributed by atoms with Crippen molar-refractivity contribution in [2.75, 3.05) is 6.61 Å². The maximum Gasteiger partial charge on any atom is 0.374 e. The zero-order valence-electron chi connectivity index (χ0n) is 6.87. The van der Waals surface area contributed by atoms with Crippen LogP contribution in [0.3, 0.4) is 0 Å². The van der Waals surface area contributed by atoms with Crippen molar-refractivity contribution in [3.8, 4) is 0 Å². The van der Waals surface area contributed by atoms with E-state index < -0.39 is 5.97 Å². The summed E-state index contributed by atoms with van der Waals surface area (Å²) >= 11 is 2.96. The van der Waals surface area contributed by atoms with Crippen LogP contribution in [-0.4, -0.2) is 12.6 Å². The van der Waals surface area contributed by atoms with Gasteiger partial charge in [-0.1, -0.05) is 0 Å². The number of hydrogen-bond donors (Lipinski definition) is 0. The molecule has 1 aromatic heterocycles. The van der Waals surface area contributed by atoms with Crippen molar-refractivity contribution in [1.29, 1.82) is 0 Å². The van der Waals surface area contributed by atoms with Crippen molar-refractivity contribution in [2.24, 2.45) is 0 Å². The molecule has 0 unspecified atom stereocenters. The highest BCUT2D eigenvalue weighted by Gasteiger charge is 2.10. The Morgan fingerprint density at radius 1 is 1.69 bits per heavy atom. The molecule has 5 heteroatoms. The molecule has 0 aromatic carbocycles. The summed E-state index contributed by atoms with van der Waals surface area (Å²) in [6.07, 6.45) is 1.16. The standard InChI is InChI=1S/C8H7BrO4/c1-2-12-8(11)7-3-6(10)5(9)4-13-7/h3-4H,2H2,1H3. The average molecular weight is 247 g/mol. The highest BCUT2D eigenvalue weighted by Crippen LogP contribution is 2.05. The molecule has 4 nitrogen and oxygen atoms in total. The van der Waals surface area contributed by atoms with E-state index in [1.54, 1.807) is 6.92 Å². The number of carbonyl (C=O) groups excluding carboxylic acids is 1. The quantitative estimate of drug-likeness (QED) is 0.744. The van der Waals surface area contributed by atoms with Gasteiger partial charge in [-0.05, 0) is 22.9 Å².